The van der Waals surface area contributed by atoms with Gasteiger partial charge in [0, 0.05) is 30.6 Å². The van der Waals surface area contributed by atoms with Gasteiger partial charge in [-0.25, -0.2) is 4.98 Å². The second kappa shape index (κ2) is 10.8. The van der Waals surface area contributed by atoms with Crippen molar-refractivity contribution >= 4 is 46.0 Å². The Morgan fingerprint density at radius 1 is 1.16 bits per heavy atom. The highest BCUT2D eigenvalue weighted by molar-refractivity contribution is 7.99. The van der Waals surface area contributed by atoms with Crippen molar-refractivity contribution < 1.29 is 9.59 Å². The maximum Gasteiger partial charge on any atom is 0.262 e. The van der Waals surface area contributed by atoms with Crippen LogP contribution in [0, 0.1) is 5.92 Å². The van der Waals surface area contributed by atoms with Gasteiger partial charge in [0.1, 0.15) is 0 Å². The molecule has 6 nitrogen and oxygen atoms in total. The topological polar surface area (TPSA) is 81.1 Å². The van der Waals surface area contributed by atoms with Crippen LogP contribution in [0.15, 0.2) is 52.4 Å². The predicted octanol–water partition coefficient (Wildman–Crippen LogP) is 4.36. The first-order valence-electron chi connectivity index (χ1n) is 10.4. The molecule has 0 aliphatic carbocycles. The lowest BCUT2D eigenvalue weighted by Gasteiger charge is -2.15. The highest BCUT2D eigenvalue weighted by Gasteiger charge is 2.15. The van der Waals surface area contributed by atoms with Crippen LogP contribution in [0.3, 0.4) is 0 Å². The number of carbonyl (C=O) groups excluding carboxylic acids is 2. The molecule has 32 heavy (non-hydrogen) atoms. The number of Topliss-reactive ketones (excluding diaryl/α,β-unsaturated/α-hetero) is 1. The van der Waals surface area contributed by atoms with E-state index in [0.717, 1.165) is 5.56 Å². The number of carbonyl (C=O) groups is 2. The summed E-state index contributed by atoms with van der Waals surface area (Å²) in [5, 5.41) is 4.25. The van der Waals surface area contributed by atoms with Crippen LogP contribution in [0.25, 0.3) is 10.9 Å². The number of amides is 1. The largest absolute Gasteiger partial charge is 0.356 e. The fourth-order valence-corrected chi connectivity index (χ4v) is 4.34. The van der Waals surface area contributed by atoms with Crippen LogP contribution in [0.4, 0.5) is 0 Å². The van der Waals surface area contributed by atoms with E-state index in [1.807, 2.05) is 26.0 Å². The number of hydrogen-bond acceptors (Lipinski definition) is 5. The van der Waals surface area contributed by atoms with Gasteiger partial charge < -0.3 is 5.32 Å². The fraction of sp³-hybridized carbons (Fsp3) is 0.333. The molecule has 0 spiro atoms. The highest BCUT2D eigenvalue weighted by Crippen LogP contribution is 2.22. The summed E-state index contributed by atoms with van der Waals surface area (Å²) in [5.74, 6) is 0.320. The third-order valence-corrected chi connectivity index (χ3v) is 6.04. The lowest BCUT2D eigenvalue weighted by molar-refractivity contribution is -0.118. The number of nitrogens with one attached hydrogen (secondary N) is 1. The average Bonchev–Trinajstić information content (AvgIpc) is 2.75. The Balaban J connectivity index is 1.76. The highest BCUT2D eigenvalue weighted by atomic mass is 35.5. The van der Waals surface area contributed by atoms with E-state index >= 15 is 0 Å². The van der Waals surface area contributed by atoms with Crippen LogP contribution in [-0.4, -0.2) is 33.5 Å². The average molecular weight is 472 g/mol. The van der Waals surface area contributed by atoms with Gasteiger partial charge in [0.05, 0.1) is 16.7 Å². The second-order valence-corrected chi connectivity index (χ2v) is 9.39. The molecule has 0 atom stereocenters. The van der Waals surface area contributed by atoms with Gasteiger partial charge in [0.15, 0.2) is 10.9 Å². The summed E-state index contributed by atoms with van der Waals surface area (Å²) in [6.07, 6.45) is 0.704. The Kier molecular flexibility index (Phi) is 8.10. The Morgan fingerprint density at radius 2 is 1.88 bits per heavy atom. The maximum absolute atomic E-state index is 13.1. The van der Waals surface area contributed by atoms with E-state index in [4.69, 9.17) is 11.6 Å². The number of rotatable bonds is 9. The number of aromatic nitrogens is 2. The van der Waals surface area contributed by atoms with E-state index in [1.54, 1.807) is 34.9 Å². The summed E-state index contributed by atoms with van der Waals surface area (Å²) >= 11 is 7.34. The smallest absolute Gasteiger partial charge is 0.262 e. The lowest BCUT2D eigenvalue weighted by atomic mass is 10.1. The van der Waals surface area contributed by atoms with Crippen molar-refractivity contribution in [3.05, 3.63) is 69.0 Å². The molecule has 3 aromatic rings. The van der Waals surface area contributed by atoms with Crippen LogP contribution in [0.1, 0.15) is 36.7 Å². The number of ketones is 1. The molecule has 0 radical (unpaired) electrons. The van der Waals surface area contributed by atoms with Gasteiger partial charge in [-0.1, -0.05) is 61.5 Å². The van der Waals surface area contributed by atoms with E-state index in [-0.39, 0.29) is 28.9 Å². The quantitative estimate of drug-likeness (QED) is 0.285. The van der Waals surface area contributed by atoms with Gasteiger partial charge in [-0.2, -0.15) is 0 Å². The fourth-order valence-electron chi connectivity index (χ4n) is 3.26. The van der Waals surface area contributed by atoms with Gasteiger partial charge in [-0.3, -0.25) is 19.0 Å². The number of halogens is 1. The Hall–Kier alpha value is -2.64. The molecule has 2 aromatic carbocycles. The molecule has 3 rings (SSSR count). The predicted molar refractivity (Wildman–Crippen MR) is 130 cm³/mol. The van der Waals surface area contributed by atoms with Gasteiger partial charge in [-0.15, -0.1) is 0 Å². The summed E-state index contributed by atoms with van der Waals surface area (Å²) in [6, 6.07) is 12.4. The standard InChI is InChI=1S/C24H26ClN3O3S/c1-15(2)13-28-23(31)20-12-19(25)8-9-21(20)27-24(28)32-14-22(30)18-6-4-17(5-7-18)10-11-26-16(3)29/h4-9,12,15H,10-11,13-14H2,1-3H3,(H,26,29). The molecular formula is C24H26ClN3O3S. The van der Waals surface area contributed by atoms with Gasteiger partial charge >= 0.3 is 0 Å². The third kappa shape index (κ3) is 6.20. The minimum Gasteiger partial charge on any atom is -0.356 e. The van der Waals surface area contributed by atoms with Crippen LogP contribution < -0.4 is 10.9 Å². The second-order valence-electron chi connectivity index (χ2n) is 8.01. The van der Waals surface area contributed by atoms with Gasteiger partial charge in [0.25, 0.3) is 5.56 Å². The molecule has 1 N–H and O–H groups in total. The number of benzene rings is 2. The summed E-state index contributed by atoms with van der Waals surface area (Å²) in [5.41, 5.74) is 2.07. The molecule has 0 aliphatic heterocycles. The van der Waals surface area contributed by atoms with Crippen LogP contribution in [0.2, 0.25) is 5.02 Å². The summed E-state index contributed by atoms with van der Waals surface area (Å²) in [6.45, 7) is 6.61. The molecule has 0 fully saturated rings. The summed E-state index contributed by atoms with van der Waals surface area (Å²) in [7, 11) is 0. The Labute approximate surface area is 196 Å². The van der Waals surface area contributed by atoms with Crippen molar-refractivity contribution in [3.8, 4) is 0 Å². The van der Waals surface area contributed by atoms with Crippen LogP contribution in [-0.2, 0) is 17.8 Å². The van der Waals surface area contributed by atoms with E-state index in [0.29, 0.717) is 46.2 Å². The lowest BCUT2D eigenvalue weighted by Crippen LogP contribution is -2.25. The van der Waals surface area contributed by atoms with Crippen molar-refractivity contribution in [2.24, 2.45) is 5.92 Å². The van der Waals surface area contributed by atoms with E-state index in [9.17, 15) is 14.4 Å². The molecular weight excluding hydrogens is 446 g/mol. The Morgan fingerprint density at radius 3 is 2.53 bits per heavy atom. The normalized spacial score (nSPS) is 11.2. The number of fused-ring (bicyclic) bond motifs is 1. The molecule has 1 heterocycles. The first kappa shape index (κ1) is 24.0. The van der Waals surface area contributed by atoms with E-state index < -0.39 is 0 Å². The first-order valence-corrected chi connectivity index (χ1v) is 11.8. The van der Waals surface area contributed by atoms with Crippen LogP contribution >= 0.6 is 23.4 Å². The first-order chi connectivity index (χ1) is 15.2. The van der Waals surface area contributed by atoms with E-state index in [1.165, 1.54) is 18.7 Å². The zero-order valence-corrected chi connectivity index (χ0v) is 19.9. The van der Waals surface area contributed by atoms with Gasteiger partial charge in [0.2, 0.25) is 5.91 Å². The SMILES string of the molecule is CC(=O)NCCc1ccc(C(=O)CSc2nc3ccc(Cl)cc3c(=O)n2CC(C)C)cc1. The van der Waals surface area contributed by atoms with Crippen molar-refractivity contribution in [3.63, 3.8) is 0 Å². The Bertz CT molecular complexity index is 1190. The third-order valence-electron chi connectivity index (χ3n) is 4.82. The molecule has 1 aromatic heterocycles. The molecule has 0 saturated heterocycles. The van der Waals surface area contributed by atoms with Crippen molar-refractivity contribution in [2.75, 3.05) is 12.3 Å². The van der Waals surface area contributed by atoms with Crippen molar-refractivity contribution in [2.45, 2.75) is 38.9 Å². The molecule has 8 heteroatoms. The number of hydrogen-bond donors (Lipinski definition) is 1. The molecule has 0 bridgehead atoms. The summed E-state index contributed by atoms with van der Waals surface area (Å²) in [4.78, 5) is 41.4. The minimum atomic E-state index is -0.148. The minimum absolute atomic E-state index is 0.0371. The molecule has 0 unspecified atom stereocenters. The zero-order valence-electron chi connectivity index (χ0n) is 18.4. The number of nitrogens with zero attached hydrogens (tertiary/aromatic N) is 2. The molecule has 1 amide bonds. The molecule has 168 valence electrons. The van der Waals surface area contributed by atoms with Crippen LogP contribution in [0.5, 0.6) is 0 Å². The molecule has 0 saturated carbocycles. The van der Waals surface area contributed by atoms with Crippen molar-refractivity contribution in [1.82, 2.24) is 14.9 Å². The zero-order chi connectivity index (χ0) is 23.3. The van der Waals surface area contributed by atoms with E-state index in [2.05, 4.69) is 10.3 Å². The maximum atomic E-state index is 13.1. The number of thioether (sulfide) groups is 1. The van der Waals surface area contributed by atoms with Gasteiger partial charge in [-0.05, 0) is 36.1 Å². The monoisotopic (exact) mass is 471 g/mol. The summed E-state index contributed by atoms with van der Waals surface area (Å²) < 4.78 is 1.63. The molecule has 0 aliphatic rings. The van der Waals surface area contributed by atoms with Crippen molar-refractivity contribution in [1.29, 1.82) is 0 Å².